The number of allylic oxidation sites excluding steroid dienone is 1. The van der Waals surface area contributed by atoms with Crippen molar-refractivity contribution in [3.05, 3.63) is 35.5 Å². The van der Waals surface area contributed by atoms with Gasteiger partial charge in [-0.1, -0.05) is 6.92 Å². The SMILES string of the molecule is CC1(C)O[C@H]2CC(=O)OC[C@]23C1=C(O)C(=O)[C@]1(C)[C@@H]3CC[C@@]2(C)[C@H](c3ccoc3)OC(=O)[C@H]3O[C@@]321. The maximum Gasteiger partial charge on any atom is 0.339 e. The number of aliphatic hydroxyl groups is 1. The number of hydrogen-bond donors (Lipinski definition) is 1. The molecule has 6 aliphatic rings. The van der Waals surface area contributed by atoms with Gasteiger partial charge in [0.25, 0.3) is 0 Å². The summed E-state index contributed by atoms with van der Waals surface area (Å²) < 4.78 is 29.4. The molecule has 5 heterocycles. The zero-order valence-corrected chi connectivity index (χ0v) is 20.1. The summed E-state index contributed by atoms with van der Waals surface area (Å²) in [5.41, 5.74) is -3.85. The van der Waals surface area contributed by atoms with Crippen molar-refractivity contribution in [3.8, 4) is 0 Å². The summed E-state index contributed by atoms with van der Waals surface area (Å²) in [6.07, 6.45) is 2.15. The van der Waals surface area contributed by atoms with E-state index in [1.807, 2.05) is 27.7 Å². The van der Waals surface area contributed by atoms with E-state index in [1.54, 1.807) is 12.3 Å². The lowest BCUT2D eigenvalue weighted by molar-refractivity contribution is -0.212. The average molecular weight is 485 g/mol. The predicted molar refractivity (Wildman–Crippen MR) is 116 cm³/mol. The van der Waals surface area contributed by atoms with Crippen LogP contribution >= 0.6 is 0 Å². The van der Waals surface area contributed by atoms with E-state index < -0.39 is 57.5 Å². The second-order valence-corrected chi connectivity index (χ2v) is 11.9. The first-order chi connectivity index (χ1) is 16.4. The van der Waals surface area contributed by atoms with Crippen LogP contribution in [0.1, 0.15) is 58.6 Å². The molecule has 35 heavy (non-hydrogen) atoms. The number of rotatable bonds is 1. The normalized spacial score (nSPS) is 49.2. The number of fused-ring (bicyclic) bond motifs is 1. The van der Waals surface area contributed by atoms with Gasteiger partial charge in [-0.15, -0.1) is 0 Å². The van der Waals surface area contributed by atoms with Gasteiger partial charge in [0.2, 0.25) is 5.78 Å². The van der Waals surface area contributed by atoms with Gasteiger partial charge in [-0.25, -0.2) is 4.79 Å². The zero-order valence-electron chi connectivity index (χ0n) is 20.1. The van der Waals surface area contributed by atoms with Gasteiger partial charge in [0.05, 0.1) is 41.5 Å². The van der Waals surface area contributed by atoms with Crippen molar-refractivity contribution in [1.82, 2.24) is 0 Å². The second-order valence-electron chi connectivity index (χ2n) is 11.9. The molecule has 0 amide bonds. The highest BCUT2D eigenvalue weighted by molar-refractivity contribution is 6.03. The van der Waals surface area contributed by atoms with Crippen molar-refractivity contribution >= 4 is 17.7 Å². The van der Waals surface area contributed by atoms with Crippen LogP contribution in [-0.2, 0) is 33.3 Å². The highest BCUT2D eigenvalue weighted by atomic mass is 16.7. The molecule has 4 aliphatic heterocycles. The number of esters is 2. The Morgan fingerprint density at radius 2 is 1.83 bits per heavy atom. The molecule has 9 heteroatoms. The van der Waals surface area contributed by atoms with Crippen LogP contribution < -0.4 is 0 Å². The molecular formula is C26H28O9. The standard InChI is InChI=1S/C26H28O9/c1-22(2)17-16(28)18(29)24(4)13(25(17)11-32-15(27)9-14(25)34-22)5-7-23(3)19(12-6-8-31-10-12)33-21(30)20-26(23,24)35-20/h6,8,10,13-14,19-20,28H,5,7,9,11H2,1-4H3/t13-,14-,19-,20+,23-,24-,25+,26-/m0/s1. The van der Waals surface area contributed by atoms with Gasteiger partial charge in [-0.05, 0) is 45.6 Å². The number of cyclic esters (lactones) is 2. The number of epoxide rings is 1. The molecule has 2 aliphatic carbocycles. The number of hydrogen-bond acceptors (Lipinski definition) is 9. The van der Waals surface area contributed by atoms with Gasteiger partial charge < -0.3 is 28.5 Å². The summed E-state index contributed by atoms with van der Waals surface area (Å²) in [6.45, 7) is 7.44. The first-order valence-corrected chi connectivity index (χ1v) is 12.2. The summed E-state index contributed by atoms with van der Waals surface area (Å²) in [5.74, 6) is -2.07. The Balaban J connectivity index is 1.47. The fourth-order valence-corrected chi connectivity index (χ4v) is 8.96. The average Bonchev–Trinajstić information content (AvgIpc) is 3.26. The van der Waals surface area contributed by atoms with E-state index >= 15 is 0 Å². The molecule has 8 atom stereocenters. The second kappa shape index (κ2) is 6.00. The van der Waals surface area contributed by atoms with Gasteiger partial charge in [-0.3, -0.25) is 9.59 Å². The van der Waals surface area contributed by atoms with Crippen molar-refractivity contribution < 1.29 is 42.9 Å². The van der Waals surface area contributed by atoms with Crippen LogP contribution in [0.3, 0.4) is 0 Å². The fourth-order valence-electron chi connectivity index (χ4n) is 8.96. The Morgan fingerprint density at radius 3 is 2.54 bits per heavy atom. The van der Waals surface area contributed by atoms with Gasteiger partial charge in [0.1, 0.15) is 18.3 Å². The molecule has 7 rings (SSSR count). The number of ether oxygens (including phenoxy) is 4. The third-order valence-corrected chi connectivity index (χ3v) is 10.2. The third-order valence-electron chi connectivity index (χ3n) is 10.2. The molecule has 1 saturated carbocycles. The van der Waals surface area contributed by atoms with Crippen molar-refractivity contribution in [2.24, 2.45) is 22.2 Å². The first-order valence-electron chi connectivity index (χ1n) is 12.2. The van der Waals surface area contributed by atoms with Gasteiger partial charge in [-0.2, -0.15) is 0 Å². The number of aliphatic hydroxyl groups excluding tert-OH is 1. The molecule has 1 aromatic heterocycles. The van der Waals surface area contributed by atoms with E-state index in [0.29, 0.717) is 24.0 Å². The van der Waals surface area contributed by atoms with Gasteiger partial charge in [0.15, 0.2) is 11.9 Å². The molecule has 0 bridgehead atoms. The number of Topliss-reactive ketones (excluding diaryl/α,β-unsaturated/α-hetero) is 1. The molecule has 5 fully saturated rings. The van der Waals surface area contributed by atoms with E-state index in [1.165, 1.54) is 6.26 Å². The highest BCUT2D eigenvalue weighted by Crippen LogP contribution is 2.79. The minimum absolute atomic E-state index is 0.0138. The molecule has 0 radical (unpaired) electrons. The molecule has 1 aromatic rings. The lowest BCUT2D eigenvalue weighted by Gasteiger charge is -2.63. The molecule has 186 valence electrons. The minimum Gasteiger partial charge on any atom is -0.504 e. The Kier molecular flexibility index (Phi) is 3.71. The smallest absolute Gasteiger partial charge is 0.339 e. The molecule has 0 unspecified atom stereocenters. The molecule has 0 aromatic carbocycles. The molecule has 1 N–H and O–H groups in total. The largest absolute Gasteiger partial charge is 0.504 e. The summed E-state index contributed by atoms with van der Waals surface area (Å²) in [4.78, 5) is 39.7. The highest BCUT2D eigenvalue weighted by Gasteiger charge is 2.90. The third kappa shape index (κ3) is 2.07. The molecule has 2 spiro atoms. The predicted octanol–water partition coefficient (Wildman–Crippen LogP) is 2.94. The van der Waals surface area contributed by atoms with Crippen LogP contribution in [-0.4, -0.2) is 52.8 Å². The Morgan fingerprint density at radius 1 is 1.06 bits per heavy atom. The van der Waals surface area contributed by atoms with Crippen molar-refractivity contribution in [2.75, 3.05) is 6.61 Å². The van der Waals surface area contributed by atoms with E-state index in [4.69, 9.17) is 23.4 Å². The summed E-state index contributed by atoms with van der Waals surface area (Å²) >= 11 is 0. The van der Waals surface area contributed by atoms with Gasteiger partial charge >= 0.3 is 11.9 Å². The van der Waals surface area contributed by atoms with Gasteiger partial charge in [0, 0.05) is 16.6 Å². The Labute approximate surface area is 201 Å². The quantitative estimate of drug-likeness (QED) is 0.473. The lowest BCUT2D eigenvalue weighted by atomic mass is 9.39. The van der Waals surface area contributed by atoms with Crippen LogP contribution in [0.5, 0.6) is 0 Å². The fraction of sp³-hybridized carbons (Fsp3) is 0.654. The van der Waals surface area contributed by atoms with Crippen molar-refractivity contribution in [3.63, 3.8) is 0 Å². The molecule has 4 saturated heterocycles. The number of ketones is 1. The number of furan rings is 1. The monoisotopic (exact) mass is 484 g/mol. The van der Waals surface area contributed by atoms with Crippen LogP contribution in [0, 0.1) is 22.2 Å². The topological polar surface area (TPSA) is 125 Å². The van der Waals surface area contributed by atoms with Crippen LogP contribution in [0.4, 0.5) is 0 Å². The summed E-state index contributed by atoms with van der Waals surface area (Å²) in [6, 6.07) is 1.76. The molecular weight excluding hydrogens is 456 g/mol. The molecule has 9 nitrogen and oxygen atoms in total. The first kappa shape index (κ1) is 21.6. The van der Waals surface area contributed by atoms with E-state index in [9.17, 15) is 19.5 Å². The zero-order chi connectivity index (χ0) is 24.8. The van der Waals surface area contributed by atoms with Crippen LogP contribution in [0.25, 0.3) is 0 Å². The Bertz CT molecular complexity index is 1230. The summed E-state index contributed by atoms with van der Waals surface area (Å²) in [5, 5.41) is 11.5. The minimum atomic E-state index is -1.27. The van der Waals surface area contributed by atoms with Crippen LogP contribution in [0.2, 0.25) is 0 Å². The van der Waals surface area contributed by atoms with Crippen LogP contribution in [0.15, 0.2) is 34.3 Å². The van der Waals surface area contributed by atoms with E-state index in [-0.39, 0.29) is 30.7 Å². The number of carbonyl (C=O) groups excluding carboxylic acids is 3. The lowest BCUT2D eigenvalue weighted by Crippen LogP contribution is -2.71. The van der Waals surface area contributed by atoms with E-state index in [0.717, 1.165) is 0 Å². The van der Waals surface area contributed by atoms with Crippen molar-refractivity contribution in [2.45, 2.75) is 76.5 Å². The Hall–Kier alpha value is -2.65. The summed E-state index contributed by atoms with van der Waals surface area (Å²) in [7, 11) is 0. The maximum absolute atomic E-state index is 14.3. The maximum atomic E-state index is 14.3. The number of carbonyl (C=O) groups is 3. The van der Waals surface area contributed by atoms with Crippen molar-refractivity contribution in [1.29, 1.82) is 0 Å². The van der Waals surface area contributed by atoms with E-state index in [2.05, 4.69) is 0 Å².